The highest BCUT2D eigenvalue weighted by Gasteiger charge is 2.14. The van der Waals surface area contributed by atoms with Gasteiger partial charge in [-0.3, -0.25) is 4.68 Å². The van der Waals surface area contributed by atoms with Gasteiger partial charge in [-0.25, -0.2) is 0 Å². The first kappa shape index (κ1) is 15.5. The SMILES string of the molecule is CCCNC(Cc1cn(C)nn1)c1cccc(N(C)C)c1. The quantitative estimate of drug-likeness (QED) is 0.848. The smallest absolute Gasteiger partial charge is 0.0845 e. The monoisotopic (exact) mass is 287 g/mol. The van der Waals surface area contributed by atoms with Crippen LogP contribution in [0.5, 0.6) is 0 Å². The number of aryl methyl sites for hydroxylation is 1. The third-order valence-corrected chi connectivity index (χ3v) is 3.49. The molecule has 0 saturated heterocycles. The van der Waals surface area contributed by atoms with Crippen LogP contribution in [0.4, 0.5) is 5.69 Å². The molecule has 21 heavy (non-hydrogen) atoms. The van der Waals surface area contributed by atoms with Crippen molar-refractivity contribution in [2.75, 3.05) is 25.5 Å². The molecule has 0 bridgehead atoms. The molecule has 1 heterocycles. The molecule has 0 fully saturated rings. The number of hydrogen-bond donors (Lipinski definition) is 1. The molecule has 0 amide bonds. The third kappa shape index (κ3) is 4.29. The minimum Gasteiger partial charge on any atom is -0.378 e. The average Bonchev–Trinajstić information content (AvgIpc) is 2.89. The molecule has 1 N–H and O–H groups in total. The molecule has 0 saturated carbocycles. The van der Waals surface area contributed by atoms with Gasteiger partial charge in [0.05, 0.1) is 5.69 Å². The van der Waals surface area contributed by atoms with E-state index in [2.05, 4.69) is 65.8 Å². The maximum Gasteiger partial charge on any atom is 0.0845 e. The molecular formula is C16H25N5. The van der Waals surface area contributed by atoms with Crippen LogP contribution in [-0.4, -0.2) is 35.6 Å². The predicted octanol–water partition coefficient (Wildman–Crippen LogP) is 2.16. The number of rotatable bonds is 7. The molecule has 1 atom stereocenters. The van der Waals surface area contributed by atoms with Crippen LogP contribution in [0.2, 0.25) is 0 Å². The second-order valence-electron chi connectivity index (χ2n) is 5.58. The zero-order chi connectivity index (χ0) is 15.2. The first-order valence-electron chi connectivity index (χ1n) is 7.46. The number of nitrogens with zero attached hydrogens (tertiary/aromatic N) is 4. The summed E-state index contributed by atoms with van der Waals surface area (Å²) in [5.41, 5.74) is 3.52. The minimum atomic E-state index is 0.265. The molecule has 1 aromatic heterocycles. The van der Waals surface area contributed by atoms with Gasteiger partial charge in [-0.1, -0.05) is 24.3 Å². The van der Waals surface area contributed by atoms with E-state index in [1.165, 1.54) is 11.3 Å². The van der Waals surface area contributed by atoms with Crippen LogP contribution >= 0.6 is 0 Å². The van der Waals surface area contributed by atoms with Crippen molar-refractivity contribution in [3.05, 3.63) is 41.7 Å². The molecule has 1 unspecified atom stereocenters. The number of anilines is 1. The van der Waals surface area contributed by atoms with Gasteiger partial charge in [0.1, 0.15) is 0 Å². The summed E-state index contributed by atoms with van der Waals surface area (Å²) in [6.45, 7) is 3.18. The van der Waals surface area contributed by atoms with E-state index >= 15 is 0 Å². The summed E-state index contributed by atoms with van der Waals surface area (Å²) < 4.78 is 1.75. The summed E-state index contributed by atoms with van der Waals surface area (Å²) in [5.74, 6) is 0. The Labute approximate surface area is 127 Å². The summed E-state index contributed by atoms with van der Waals surface area (Å²) in [7, 11) is 6.03. The minimum absolute atomic E-state index is 0.265. The molecule has 2 aromatic rings. The molecular weight excluding hydrogens is 262 g/mol. The molecule has 0 spiro atoms. The lowest BCUT2D eigenvalue weighted by Crippen LogP contribution is -2.24. The molecule has 0 aliphatic rings. The lowest BCUT2D eigenvalue weighted by Gasteiger charge is -2.20. The molecule has 0 aliphatic heterocycles. The van der Waals surface area contributed by atoms with Crippen molar-refractivity contribution in [3.63, 3.8) is 0 Å². The second-order valence-corrected chi connectivity index (χ2v) is 5.58. The zero-order valence-corrected chi connectivity index (χ0v) is 13.4. The fourth-order valence-electron chi connectivity index (χ4n) is 2.34. The van der Waals surface area contributed by atoms with Crippen LogP contribution in [-0.2, 0) is 13.5 Å². The Kier molecular flexibility index (Phi) is 5.33. The van der Waals surface area contributed by atoms with Gasteiger partial charge in [0.25, 0.3) is 0 Å². The summed E-state index contributed by atoms with van der Waals surface area (Å²) in [6, 6.07) is 8.92. The lowest BCUT2D eigenvalue weighted by molar-refractivity contribution is 0.524. The van der Waals surface area contributed by atoms with Crippen LogP contribution in [0.25, 0.3) is 0 Å². The highest BCUT2D eigenvalue weighted by Crippen LogP contribution is 2.22. The van der Waals surface area contributed by atoms with Gasteiger partial charge in [-0.15, -0.1) is 5.10 Å². The van der Waals surface area contributed by atoms with Crippen molar-refractivity contribution in [1.82, 2.24) is 20.3 Å². The fourth-order valence-corrected chi connectivity index (χ4v) is 2.34. The van der Waals surface area contributed by atoms with Crippen molar-refractivity contribution in [2.45, 2.75) is 25.8 Å². The van der Waals surface area contributed by atoms with E-state index in [9.17, 15) is 0 Å². The van der Waals surface area contributed by atoms with Gasteiger partial charge >= 0.3 is 0 Å². The summed E-state index contributed by atoms with van der Waals surface area (Å²) in [6.07, 6.45) is 3.95. The largest absolute Gasteiger partial charge is 0.378 e. The lowest BCUT2D eigenvalue weighted by atomic mass is 10.0. The van der Waals surface area contributed by atoms with Gasteiger partial charge in [0, 0.05) is 45.5 Å². The van der Waals surface area contributed by atoms with E-state index in [1.807, 2.05) is 13.2 Å². The first-order valence-corrected chi connectivity index (χ1v) is 7.46. The van der Waals surface area contributed by atoms with E-state index < -0.39 is 0 Å². The van der Waals surface area contributed by atoms with Crippen molar-refractivity contribution in [2.24, 2.45) is 7.05 Å². The topological polar surface area (TPSA) is 46.0 Å². The van der Waals surface area contributed by atoms with Crippen LogP contribution in [0.1, 0.15) is 30.6 Å². The summed E-state index contributed by atoms with van der Waals surface area (Å²) in [5, 5.41) is 11.8. The van der Waals surface area contributed by atoms with Crippen LogP contribution in [0, 0.1) is 0 Å². The van der Waals surface area contributed by atoms with Gasteiger partial charge in [-0.2, -0.15) is 0 Å². The predicted molar refractivity (Wildman–Crippen MR) is 86.5 cm³/mol. The van der Waals surface area contributed by atoms with Gasteiger partial charge in [0.2, 0.25) is 0 Å². The Morgan fingerprint density at radius 2 is 2.14 bits per heavy atom. The normalized spacial score (nSPS) is 12.4. The maximum atomic E-state index is 4.21. The summed E-state index contributed by atoms with van der Waals surface area (Å²) >= 11 is 0. The highest BCUT2D eigenvalue weighted by molar-refractivity contribution is 5.48. The zero-order valence-electron chi connectivity index (χ0n) is 13.4. The van der Waals surface area contributed by atoms with Crippen molar-refractivity contribution >= 4 is 5.69 Å². The summed E-state index contributed by atoms with van der Waals surface area (Å²) in [4.78, 5) is 2.13. The Morgan fingerprint density at radius 1 is 1.33 bits per heavy atom. The van der Waals surface area contributed by atoms with Gasteiger partial charge in [-0.05, 0) is 30.7 Å². The molecule has 1 aromatic carbocycles. The highest BCUT2D eigenvalue weighted by atomic mass is 15.4. The molecule has 5 nitrogen and oxygen atoms in total. The Morgan fingerprint density at radius 3 is 2.76 bits per heavy atom. The number of benzene rings is 1. The molecule has 0 aliphatic carbocycles. The van der Waals surface area contributed by atoms with Crippen LogP contribution in [0.3, 0.4) is 0 Å². The standard InChI is InChI=1S/C16H25N5/c1-5-9-17-16(11-14-12-21(4)19-18-14)13-7-6-8-15(10-13)20(2)3/h6-8,10,12,16-17H,5,9,11H2,1-4H3. The fraction of sp³-hybridized carbons (Fsp3) is 0.500. The molecule has 0 radical (unpaired) electrons. The Balaban J connectivity index is 2.20. The van der Waals surface area contributed by atoms with Crippen molar-refractivity contribution < 1.29 is 0 Å². The van der Waals surface area contributed by atoms with Gasteiger partial charge in [0.15, 0.2) is 0 Å². The van der Waals surface area contributed by atoms with E-state index in [-0.39, 0.29) is 6.04 Å². The van der Waals surface area contributed by atoms with Crippen LogP contribution < -0.4 is 10.2 Å². The van der Waals surface area contributed by atoms with E-state index in [1.54, 1.807) is 4.68 Å². The Hall–Kier alpha value is -1.88. The van der Waals surface area contributed by atoms with Gasteiger partial charge < -0.3 is 10.2 Å². The number of nitrogens with one attached hydrogen (secondary N) is 1. The first-order chi connectivity index (χ1) is 10.1. The maximum absolute atomic E-state index is 4.21. The second kappa shape index (κ2) is 7.22. The third-order valence-electron chi connectivity index (χ3n) is 3.49. The Bertz CT molecular complexity index is 561. The molecule has 114 valence electrons. The van der Waals surface area contributed by atoms with Crippen molar-refractivity contribution in [1.29, 1.82) is 0 Å². The molecule has 2 rings (SSSR count). The van der Waals surface area contributed by atoms with Crippen molar-refractivity contribution in [3.8, 4) is 0 Å². The number of hydrogen-bond acceptors (Lipinski definition) is 4. The average molecular weight is 287 g/mol. The molecule has 5 heteroatoms. The van der Waals surface area contributed by atoms with E-state index in [0.717, 1.165) is 25.1 Å². The van der Waals surface area contributed by atoms with E-state index in [0.29, 0.717) is 0 Å². The number of aromatic nitrogens is 3. The van der Waals surface area contributed by atoms with Crippen LogP contribution in [0.15, 0.2) is 30.5 Å². The van der Waals surface area contributed by atoms with E-state index in [4.69, 9.17) is 0 Å².